The number of carbonyl (C=O) groups is 1. The topological polar surface area (TPSA) is 70.7 Å². The second-order valence-corrected chi connectivity index (χ2v) is 4.29. The van der Waals surface area contributed by atoms with Crippen LogP contribution in [0, 0.1) is 6.92 Å². The molecule has 2 N–H and O–H groups in total. The smallest absolute Gasteiger partial charge is 0.273 e. The van der Waals surface area contributed by atoms with Crippen LogP contribution in [0.1, 0.15) is 16.1 Å². The molecule has 0 aliphatic carbocycles. The van der Waals surface area contributed by atoms with Gasteiger partial charge in [0.2, 0.25) is 0 Å². The van der Waals surface area contributed by atoms with Crippen LogP contribution in [0.15, 0.2) is 42.7 Å². The summed E-state index contributed by atoms with van der Waals surface area (Å²) < 4.78 is 0. The first kappa shape index (κ1) is 11.4. The normalized spacial score (nSPS) is 10.6. The number of nitrogens with zero attached hydrogens (tertiary/aromatic N) is 2. The highest BCUT2D eigenvalue weighted by Gasteiger charge is 2.10. The van der Waals surface area contributed by atoms with Crippen LogP contribution in [0.2, 0.25) is 0 Å². The zero-order valence-electron chi connectivity index (χ0n) is 10.3. The third-order valence-corrected chi connectivity index (χ3v) is 2.79. The minimum Gasteiger partial charge on any atom is -0.349 e. The van der Waals surface area contributed by atoms with Crippen LogP contribution in [0.3, 0.4) is 0 Å². The molecule has 0 aromatic carbocycles. The van der Waals surface area contributed by atoms with Crippen LogP contribution in [-0.2, 0) is 0 Å². The highest BCUT2D eigenvalue weighted by atomic mass is 16.1. The fraction of sp³-hybridized carbons (Fsp3) is 0.0714. The molecule has 0 spiro atoms. The molecule has 0 atom stereocenters. The van der Waals surface area contributed by atoms with Crippen LogP contribution < -0.4 is 5.32 Å². The van der Waals surface area contributed by atoms with Gasteiger partial charge in [-0.1, -0.05) is 0 Å². The molecule has 0 saturated heterocycles. The average molecular weight is 252 g/mol. The maximum atomic E-state index is 12.1. The third kappa shape index (κ3) is 2.30. The number of nitrogens with one attached hydrogen (secondary N) is 2. The Hall–Kier alpha value is -2.69. The van der Waals surface area contributed by atoms with Crippen molar-refractivity contribution in [3.8, 4) is 0 Å². The summed E-state index contributed by atoms with van der Waals surface area (Å²) in [4.78, 5) is 23.4. The van der Waals surface area contributed by atoms with Gasteiger partial charge in [-0.25, -0.2) is 4.98 Å². The number of rotatable bonds is 2. The Morgan fingerprint density at radius 3 is 2.89 bits per heavy atom. The van der Waals surface area contributed by atoms with E-state index in [4.69, 9.17) is 0 Å². The summed E-state index contributed by atoms with van der Waals surface area (Å²) in [5.41, 5.74) is 3.12. The van der Waals surface area contributed by atoms with Gasteiger partial charge in [0.1, 0.15) is 11.5 Å². The highest BCUT2D eigenvalue weighted by molar-refractivity contribution is 6.05. The molecule has 3 rings (SSSR count). The molecule has 3 aromatic heterocycles. The van der Waals surface area contributed by atoms with Crippen molar-refractivity contribution >= 4 is 22.8 Å². The summed E-state index contributed by atoms with van der Waals surface area (Å²) in [6.07, 6.45) is 3.36. The summed E-state index contributed by atoms with van der Waals surface area (Å²) in [6.45, 7) is 1.95. The quantitative estimate of drug-likeness (QED) is 0.736. The molecule has 0 fully saturated rings. The van der Waals surface area contributed by atoms with Gasteiger partial charge in [-0.15, -0.1) is 0 Å². The van der Waals surface area contributed by atoms with Crippen LogP contribution in [0.25, 0.3) is 11.0 Å². The van der Waals surface area contributed by atoms with E-state index in [9.17, 15) is 4.79 Å². The number of amides is 1. The standard InChI is InChI=1S/C14H12N4O/c1-9-4-6-16-13(7-9)18-14(19)12-8-11-10(17-12)3-2-5-15-11/h2-8,17H,1H3,(H,16,18,19). The maximum absolute atomic E-state index is 12.1. The molecule has 0 bridgehead atoms. The van der Waals surface area contributed by atoms with Gasteiger partial charge in [-0.05, 0) is 42.8 Å². The molecular formula is C14H12N4O. The van der Waals surface area contributed by atoms with Gasteiger partial charge in [-0.2, -0.15) is 0 Å². The minimum absolute atomic E-state index is 0.226. The SMILES string of the molecule is Cc1ccnc(NC(=O)c2cc3ncccc3[nH]2)c1. The van der Waals surface area contributed by atoms with Crippen LogP contribution in [0.4, 0.5) is 5.82 Å². The van der Waals surface area contributed by atoms with Crippen molar-refractivity contribution in [3.63, 3.8) is 0 Å². The fourth-order valence-corrected chi connectivity index (χ4v) is 1.87. The van der Waals surface area contributed by atoms with Gasteiger partial charge < -0.3 is 10.3 Å². The molecule has 1 amide bonds. The Balaban J connectivity index is 1.87. The van der Waals surface area contributed by atoms with E-state index in [2.05, 4.69) is 20.3 Å². The second-order valence-electron chi connectivity index (χ2n) is 4.29. The molecular weight excluding hydrogens is 240 g/mol. The van der Waals surface area contributed by atoms with Gasteiger partial charge in [0.25, 0.3) is 5.91 Å². The van der Waals surface area contributed by atoms with Crippen molar-refractivity contribution in [1.82, 2.24) is 15.0 Å². The van der Waals surface area contributed by atoms with E-state index in [1.54, 1.807) is 18.5 Å². The van der Waals surface area contributed by atoms with E-state index in [0.29, 0.717) is 11.5 Å². The second kappa shape index (κ2) is 4.53. The van der Waals surface area contributed by atoms with E-state index in [-0.39, 0.29) is 5.91 Å². The molecule has 0 saturated carbocycles. The van der Waals surface area contributed by atoms with Gasteiger partial charge in [0.05, 0.1) is 11.0 Å². The lowest BCUT2D eigenvalue weighted by atomic mass is 10.3. The maximum Gasteiger partial charge on any atom is 0.273 e. The van der Waals surface area contributed by atoms with Crippen LogP contribution in [0.5, 0.6) is 0 Å². The van der Waals surface area contributed by atoms with Crippen molar-refractivity contribution in [1.29, 1.82) is 0 Å². The zero-order chi connectivity index (χ0) is 13.2. The molecule has 0 radical (unpaired) electrons. The van der Waals surface area contributed by atoms with Crippen LogP contribution in [-0.4, -0.2) is 20.9 Å². The number of hydrogen-bond acceptors (Lipinski definition) is 3. The Morgan fingerprint density at radius 2 is 2.11 bits per heavy atom. The lowest BCUT2D eigenvalue weighted by molar-refractivity contribution is 0.102. The molecule has 0 aliphatic heterocycles. The van der Waals surface area contributed by atoms with Crippen molar-refractivity contribution in [3.05, 3.63) is 54.0 Å². The third-order valence-electron chi connectivity index (χ3n) is 2.79. The van der Waals surface area contributed by atoms with E-state index >= 15 is 0 Å². The molecule has 94 valence electrons. The fourth-order valence-electron chi connectivity index (χ4n) is 1.87. The number of aryl methyl sites for hydroxylation is 1. The van der Waals surface area contributed by atoms with E-state index in [1.165, 1.54) is 0 Å². The van der Waals surface area contributed by atoms with Gasteiger partial charge >= 0.3 is 0 Å². The molecule has 0 aliphatic rings. The largest absolute Gasteiger partial charge is 0.349 e. The first-order valence-corrected chi connectivity index (χ1v) is 5.90. The number of pyridine rings is 2. The first-order chi connectivity index (χ1) is 9.22. The predicted molar refractivity (Wildman–Crippen MR) is 73.0 cm³/mol. The summed E-state index contributed by atoms with van der Waals surface area (Å²) in [5, 5.41) is 2.75. The molecule has 5 nitrogen and oxygen atoms in total. The van der Waals surface area contributed by atoms with E-state index in [1.807, 2.05) is 31.2 Å². The zero-order valence-corrected chi connectivity index (χ0v) is 10.3. The summed E-state index contributed by atoms with van der Waals surface area (Å²) in [6, 6.07) is 9.12. The number of H-pyrrole nitrogens is 1. The van der Waals surface area contributed by atoms with Crippen molar-refractivity contribution in [2.75, 3.05) is 5.32 Å². The number of anilines is 1. The Kier molecular flexibility index (Phi) is 2.72. The first-order valence-electron chi connectivity index (χ1n) is 5.90. The lowest BCUT2D eigenvalue weighted by Crippen LogP contribution is -2.13. The molecule has 3 heterocycles. The van der Waals surface area contributed by atoms with Gasteiger partial charge in [0.15, 0.2) is 0 Å². The summed E-state index contributed by atoms with van der Waals surface area (Å²) in [7, 11) is 0. The van der Waals surface area contributed by atoms with E-state index < -0.39 is 0 Å². The number of carbonyl (C=O) groups excluding carboxylic acids is 1. The summed E-state index contributed by atoms with van der Waals surface area (Å²) in [5.74, 6) is 0.313. The minimum atomic E-state index is -0.226. The number of hydrogen-bond donors (Lipinski definition) is 2. The highest BCUT2D eigenvalue weighted by Crippen LogP contribution is 2.13. The predicted octanol–water partition coefficient (Wildman–Crippen LogP) is 2.52. The molecule has 3 aromatic rings. The van der Waals surface area contributed by atoms with Crippen molar-refractivity contribution in [2.24, 2.45) is 0 Å². The Labute approximate surface area is 109 Å². The Bertz CT molecular complexity index is 715. The van der Waals surface area contributed by atoms with Crippen molar-refractivity contribution < 1.29 is 4.79 Å². The average Bonchev–Trinajstić information content (AvgIpc) is 2.82. The van der Waals surface area contributed by atoms with E-state index in [0.717, 1.165) is 16.6 Å². The number of aromatic amines is 1. The van der Waals surface area contributed by atoms with Crippen LogP contribution >= 0.6 is 0 Å². The molecule has 19 heavy (non-hydrogen) atoms. The number of aromatic nitrogens is 3. The Morgan fingerprint density at radius 1 is 1.21 bits per heavy atom. The van der Waals surface area contributed by atoms with Gasteiger partial charge in [0, 0.05) is 12.4 Å². The van der Waals surface area contributed by atoms with Gasteiger partial charge in [-0.3, -0.25) is 9.78 Å². The molecule has 5 heteroatoms. The summed E-state index contributed by atoms with van der Waals surface area (Å²) >= 11 is 0. The lowest BCUT2D eigenvalue weighted by Gasteiger charge is -2.02. The number of fused-ring (bicyclic) bond motifs is 1. The monoisotopic (exact) mass is 252 g/mol. The molecule has 0 unspecified atom stereocenters. The van der Waals surface area contributed by atoms with Crippen molar-refractivity contribution in [2.45, 2.75) is 6.92 Å².